The average Bonchev–Trinajstić information content (AvgIpc) is 3.21. The SMILES string of the molecule is C=C1C2CCC3(C(OC(C)=O)CC4C5(C)CCCC4(C4OCCN4C5=O)C3C2)C1O. The molecule has 1 spiro atoms. The van der Waals surface area contributed by atoms with Crippen molar-refractivity contribution in [2.24, 2.45) is 34.0 Å². The summed E-state index contributed by atoms with van der Waals surface area (Å²) in [5.74, 6) is 0.509. The fourth-order valence-electron chi connectivity index (χ4n) is 9.30. The maximum atomic E-state index is 13.6. The van der Waals surface area contributed by atoms with Crippen molar-refractivity contribution in [3.05, 3.63) is 12.2 Å². The third kappa shape index (κ3) is 1.95. The van der Waals surface area contributed by atoms with Gasteiger partial charge in [-0.25, -0.2) is 0 Å². The van der Waals surface area contributed by atoms with Gasteiger partial charge in [-0.3, -0.25) is 9.59 Å². The van der Waals surface area contributed by atoms with Gasteiger partial charge in [0.2, 0.25) is 5.91 Å². The van der Waals surface area contributed by atoms with Gasteiger partial charge in [-0.1, -0.05) is 19.9 Å². The largest absolute Gasteiger partial charge is 0.462 e. The van der Waals surface area contributed by atoms with E-state index in [-0.39, 0.29) is 41.5 Å². The summed E-state index contributed by atoms with van der Waals surface area (Å²) in [6, 6.07) is 0. The fraction of sp³-hybridized carbons (Fsp3) is 0.833. The zero-order valence-corrected chi connectivity index (χ0v) is 18.1. The van der Waals surface area contributed by atoms with Gasteiger partial charge in [-0.2, -0.15) is 0 Å². The standard InChI is InChI=1S/C24H33NO5/c1-13-15-5-8-24(19(13)27)17(11-15)23-7-4-6-22(3,16(23)12-18(24)30-14(2)26)20(28)25-9-10-29-21(23)25/h15-19,21,27H,1,4-12H2,2-3H3. The zero-order chi connectivity index (χ0) is 21.1. The number of rotatable bonds is 1. The molecule has 7 rings (SSSR count). The topological polar surface area (TPSA) is 76.1 Å². The Bertz CT molecular complexity index is 841. The van der Waals surface area contributed by atoms with Crippen LogP contribution in [-0.2, 0) is 19.1 Å². The van der Waals surface area contributed by atoms with Gasteiger partial charge in [0.25, 0.3) is 0 Å². The first-order chi connectivity index (χ1) is 14.3. The van der Waals surface area contributed by atoms with Gasteiger partial charge >= 0.3 is 5.97 Å². The second kappa shape index (κ2) is 5.89. The molecular formula is C24H33NO5. The number of hydrogen-bond donors (Lipinski definition) is 1. The summed E-state index contributed by atoms with van der Waals surface area (Å²) in [4.78, 5) is 27.8. The number of piperidine rings is 1. The molecule has 9 unspecified atom stereocenters. The summed E-state index contributed by atoms with van der Waals surface area (Å²) in [5.41, 5.74) is -0.209. The first-order valence-electron chi connectivity index (χ1n) is 11.7. The molecule has 1 amide bonds. The van der Waals surface area contributed by atoms with E-state index < -0.39 is 16.9 Å². The monoisotopic (exact) mass is 415 g/mol. The van der Waals surface area contributed by atoms with E-state index in [1.165, 1.54) is 6.92 Å². The summed E-state index contributed by atoms with van der Waals surface area (Å²) < 4.78 is 12.3. The Kier molecular flexibility index (Phi) is 3.79. The average molecular weight is 416 g/mol. The Morgan fingerprint density at radius 2 is 2.03 bits per heavy atom. The fourth-order valence-corrected chi connectivity index (χ4v) is 9.30. The van der Waals surface area contributed by atoms with E-state index >= 15 is 0 Å². The van der Waals surface area contributed by atoms with Crippen molar-refractivity contribution in [3.63, 3.8) is 0 Å². The molecule has 0 aromatic heterocycles. The van der Waals surface area contributed by atoms with Crippen molar-refractivity contribution in [2.45, 2.75) is 77.2 Å². The molecule has 0 aromatic rings. The second-order valence-electron chi connectivity index (χ2n) is 11.1. The first kappa shape index (κ1) is 19.3. The van der Waals surface area contributed by atoms with Gasteiger partial charge in [-0.05, 0) is 61.9 Å². The number of fused-ring (bicyclic) bond motifs is 3. The van der Waals surface area contributed by atoms with Gasteiger partial charge in [0.05, 0.1) is 18.1 Å². The van der Waals surface area contributed by atoms with E-state index in [0.717, 1.165) is 44.1 Å². The minimum absolute atomic E-state index is 0.116. The van der Waals surface area contributed by atoms with Crippen molar-refractivity contribution in [2.75, 3.05) is 13.2 Å². The molecule has 4 bridgehead atoms. The van der Waals surface area contributed by atoms with Crippen LogP contribution in [0, 0.1) is 34.0 Å². The van der Waals surface area contributed by atoms with Crippen molar-refractivity contribution in [1.82, 2.24) is 4.90 Å². The molecule has 0 aromatic carbocycles. The number of aliphatic hydroxyl groups excluding tert-OH is 1. The highest BCUT2D eigenvalue weighted by molar-refractivity contribution is 5.85. The number of aliphatic hydroxyl groups is 1. The summed E-state index contributed by atoms with van der Waals surface area (Å²) in [6.07, 6.45) is 5.13. The Morgan fingerprint density at radius 1 is 1.23 bits per heavy atom. The van der Waals surface area contributed by atoms with Crippen LogP contribution in [0.5, 0.6) is 0 Å². The quantitative estimate of drug-likeness (QED) is 0.526. The molecule has 6 nitrogen and oxygen atoms in total. The van der Waals surface area contributed by atoms with E-state index in [9.17, 15) is 14.7 Å². The van der Waals surface area contributed by atoms with Crippen LogP contribution in [-0.4, -0.2) is 53.5 Å². The van der Waals surface area contributed by atoms with E-state index in [4.69, 9.17) is 9.47 Å². The van der Waals surface area contributed by atoms with Crippen LogP contribution in [0.25, 0.3) is 0 Å². The Balaban J connectivity index is 1.57. The normalized spacial score (nSPS) is 53.8. The molecule has 7 fully saturated rings. The summed E-state index contributed by atoms with van der Waals surface area (Å²) in [5, 5.41) is 11.6. The Labute approximate surface area is 178 Å². The van der Waals surface area contributed by atoms with Crippen molar-refractivity contribution in [1.29, 1.82) is 0 Å². The summed E-state index contributed by atoms with van der Waals surface area (Å²) >= 11 is 0. The Hall–Kier alpha value is -1.40. The van der Waals surface area contributed by atoms with Gasteiger partial charge in [0.1, 0.15) is 12.3 Å². The van der Waals surface area contributed by atoms with E-state index in [1.807, 2.05) is 4.90 Å². The van der Waals surface area contributed by atoms with Crippen LogP contribution in [0.4, 0.5) is 0 Å². The first-order valence-corrected chi connectivity index (χ1v) is 11.7. The summed E-state index contributed by atoms with van der Waals surface area (Å²) in [6.45, 7) is 9.12. The number of nitrogens with zero attached hydrogens (tertiary/aromatic N) is 1. The van der Waals surface area contributed by atoms with Gasteiger partial charge in [0, 0.05) is 24.3 Å². The molecule has 9 atom stereocenters. The highest BCUT2D eigenvalue weighted by atomic mass is 16.5. The van der Waals surface area contributed by atoms with E-state index in [1.54, 1.807) is 0 Å². The van der Waals surface area contributed by atoms with E-state index in [2.05, 4.69) is 13.5 Å². The van der Waals surface area contributed by atoms with Gasteiger partial charge in [0.15, 0.2) is 0 Å². The van der Waals surface area contributed by atoms with Crippen molar-refractivity contribution in [3.8, 4) is 0 Å². The molecule has 1 N–H and O–H groups in total. The van der Waals surface area contributed by atoms with E-state index in [0.29, 0.717) is 25.5 Å². The number of esters is 1. The summed E-state index contributed by atoms with van der Waals surface area (Å²) in [7, 11) is 0. The molecule has 0 radical (unpaired) electrons. The lowest BCUT2D eigenvalue weighted by Gasteiger charge is -2.74. The predicted octanol–water partition coefficient (Wildman–Crippen LogP) is 2.65. The van der Waals surface area contributed by atoms with Crippen LogP contribution in [0.15, 0.2) is 12.2 Å². The highest BCUT2D eigenvalue weighted by Gasteiger charge is 2.78. The maximum Gasteiger partial charge on any atom is 0.302 e. The highest BCUT2D eigenvalue weighted by Crippen LogP contribution is 2.75. The number of carbonyl (C=O) groups is 2. The number of ether oxygens (including phenoxy) is 2. The van der Waals surface area contributed by atoms with Crippen LogP contribution in [0.3, 0.4) is 0 Å². The second-order valence-corrected chi connectivity index (χ2v) is 11.1. The zero-order valence-electron chi connectivity index (χ0n) is 18.1. The third-order valence-corrected chi connectivity index (χ3v) is 10.3. The lowest BCUT2D eigenvalue weighted by molar-refractivity contribution is -0.306. The van der Waals surface area contributed by atoms with Crippen LogP contribution in [0.1, 0.15) is 58.8 Å². The predicted molar refractivity (Wildman–Crippen MR) is 108 cm³/mol. The molecule has 5 aliphatic carbocycles. The number of carbonyl (C=O) groups excluding carboxylic acids is 2. The minimum Gasteiger partial charge on any atom is -0.462 e. The molecule has 2 aliphatic heterocycles. The lowest BCUT2D eigenvalue weighted by Crippen LogP contribution is -2.77. The molecule has 5 saturated carbocycles. The number of hydrogen-bond acceptors (Lipinski definition) is 5. The molecule has 164 valence electrons. The van der Waals surface area contributed by atoms with Crippen LogP contribution < -0.4 is 0 Å². The number of amides is 1. The van der Waals surface area contributed by atoms with Crippen molar-refractivity contribution >= 4 is 11.9 Å². The van der Waals surface area contributed by atoms with Crippen molar-refractivity contribution < 1.29 is 24.2 Å². The Morgan fingerprint density at radius 3 is 2.80 bits per heavy atom. The smallest absolute Gasteiger partial charge is 0.302 e. The minimum atomic E-state index is -0.657. The third-order valence-electron chi connectivity index (χ3n) is 10.3. The maximum absolute atomic E-state index is 13.6. The van der Waals surface area contributed by atoms with Crippen LogP contribution >= 0.6 is 0 Å². The molecule has 7 aliphatic rings. The van der Waals surface area contributed by atoms with Gasteiger partial charge < -0.3 is 19.5 Å². The molecule has 6 heteroatoms. The van der Waals surface area contributed by atoms with Crippen LogP contribution in [0.2, 0.25) is 0 Å². The molecule has 2 heterocycles. The molecule has 2 saturated heterocycles. The molecule has 30 heavy (non-hydrogen) atoms. The van der Waals surface area contributed by atoms with Gasteiger partial charge in [-0.15, -0.1) is 0 Å². The molecular weight excluding hydrogens is 382 g/mol. The lowest BCUT2D eigenvalue weighted by atomic mass is 9.33.